The van der Waals surface area contributed by atoms with E-state index in [0.29, 0.717) is 31.5 Å². The van der Waals surface area contributed by atoms with Crippen molar-refractivity contribution >= 4 is 0 Å². The van der Waals surface area contributed by atoms with Crippen LogP contribution in [0, 0.1) is 0 Å². The monoisotopic (exact) mass is 266 g/mol. The van der Waals surface area contributed by atoms with Gasteiger partial charge in [0.05, 0.1) is 18.5 Å². The SMILES string of the molecule is CCc1nnc(Cn2cc(CNCCOC)nn2)o1. The van der Waals surface area contributed by atoms with Crippen LogP contribution >= 0.6 is 0 Å². The highest BCUT2D eigenvalue weighted by Gasteiger charge is 2.07. The quantitative estimate of drug-likeness (QED) is 0.673. The van der Waals surface area contributed by atoms with Crippen molar-refractivity contribution in [1.82, 2.24) is 30.5 Å². The number of hydrogen-bond acceptors (Lipinski definition) is 7. The first-order valence-corrected chi connectivity index (χ1v) is 6.21. The predicted octanol–water partition coefficient (Wildman–Crippen LogP) is 0.00780. The molecule has 19 heavy (non-hydrogen) atoms. The Bertz CT molecular complexity index is 495. The van der Waals surface area contributed by atoms with Gasteiger partial charge in [0.1, 0.15) is 6.54 Å². The molecular weight excluding hydrogens is 248 g/mol. The third-order valence-corrected chi connectivity index (χ3v) is 2.48. The lowest BCUT2D eigenvalue weighted by molar-refractivity contribution is 0.199. The van der Waals surface area contributed by atoms with Gasteiger partial charge >= 0.3 is 0 Å². The fourth-order valence-corrected chi connectivity index (χ4v) is 1.52. The van der Waals surface area contributed by atoms with Gasteiger partial charge in [-0.1, -0.05) is 12.1 Å². The largest absolute Gasteiger partial charge is 0.423 e. The second-order valence-electron chi connectivity index (χ2n) is 4.02. The van der Waals surface area contributed by atoms with Crippen LogP contribution in [0.5, 0.6) is 0 Å². The van der Waals surface area contributed by atoms with Crippen molar-refractivity contribution in [2.24, 2.45) is 0 Å². The van der Waals surface area contributed by atoms with Crippen LogP contribution in [0.25, 0.3) is 0 Å². The highest BCUT2D eigenvalue weighted by atomic mass is 16.5. The molecule has 2 aromatic heterocycles. The topological polar surface area (TPSA) is 90.9 Å². The van der Waals surface area contributed by atoms with E-state index in [9.17, 15) is 0 Å². The third-order valence-electron chi connectivity index (χ3n) is 2.48. The zero-order chi connectivity index (χ0) is 13.5. The Morgan fingerprint density at radius 2 is 2.16 bits per heavy atom. The van der Waals surface area contributed by atoms with Gasteiger partial charge in [-0.3, -0.25) is 0 Å². The maximum absolute atomic E-state index is 5.42. The number of methoxy groups -OCH3 is 1. The molecule has 0 amide bonds. The van der Waals surface area contributed by atoms with Crippen molar-refractivity contribution < 1.29 is 9.15 Å². The van der Waals surface area contributed by atoms with Crippen molar-refractivity contribution in [3.8, 4) is 0 Å². The third kappa shape index (κ3) is 4.11. The second kappa shape index (κ2) is 6.95. The first-order valence-electron chi connectivity index (χ1n) is 6.21. The molecule has 2 heterocycles. The number of aromatic nitrogens is 5. The van der Waals surface area contributed by atoms with Crippen molar-refractivity contribution in [3.63, 3.8) is 0 Å². The van der Waals surface area contributed by atoms with Gasteiger partial charge in [0.15, 0.2) is 0 Å². The van der Waals surface area contributed by atoms with E-state index < -0.39 is 0 Å². The summed E-state index contributed by atoms with van der Waals surface area (Å²) in [5.74, 6) is 1.18. The fourth-order valence-electron chi connectivity index (χ4n) is 1.52. The molecule has 2 aromatic rings. The van der Waals surface area contributed by atoms with Gasteiger partial charge < -0.3 is 14.5 Å². The van der Waals surface area contributed by atoms with Gasteiger partial charge in [-0.2, -0.15) is 0 Å². The Balaban J connectivity index is 1.83. The maximum Gasteiger partial charge on any atom is 0.237 e. The summed E-state index contributed by atoms with van der Waals surface area (Å²) in [6.07, 6.45) is 2.59. The van der Waals surface area contributed by atoms with E-state index in [1.54, 1.807) is 11.8 Å². The number of nitrogens with zero attached hydrogens (tertiary/aromatic N) is 5. The summed E-state index contributed by atoms with van der Waals surface area (Å²) in [5.41, 5.74) is 0.867. The molecule has 0 aromatic carbocycles. The average molecular weight is 266 g/mol. The molecule has 0 saturated heterocycles. The summed E-state index contributed by atoms with van der Waals surface area (Å²) < 4.78 is 12.0. The Morgan fingerprint density at radius 3 is 2.89 bits per heavy atom. The number of aryl methyl sites for hydroxylation is 1. The Labute approximate surface area is 111 Å². The van der Waals surface area contributed by atoms with Crippen molar-refractivity contribution in [2.75, 3.05) is 20.3 Å². The zero-order valence-corrected chi connectivity index (χ0v) is 11.2. The number of rotatable bonds is 8. The summed E-state index contributed by atoms with van der Waals surface area (Å²) in [4.78, 5) is 0. The summed E-state index contributed by atoms with van der Waals surface area (Å²) in [7, 11) is 1.67. The minimum absolute atomic E-state index is 0.443. The summed E-state index contributed by atoms with van der Waals surface area (Å²) >= 11 is 0. The molecule has 0 aliphatic rings. The van der Waals surface area contributed by atoms with Gasteiger partial charge in [0.2, 0.25) is 11.8 Å². The lowest BCUT2D eigenvalue weighted by Crippen LogP contribution is -2.18. The predicted molar refractivity (Wildman–Crippen MR) is 66.4 cm³/mol. The smallest absolute Gasteiger partial charge is 0.237 e. The van der Waals surface area contributed by atoms with E-state index in [0.717, 1.165) is 18.7 Å². The van der Waals surface area contributed by atoms with Gasteiger partial charge in [-0.05, 0) is 0 Å². The summed E-state index contributed by atoms with van der Waals surface area (Å²) in [5, 5.41) is 19.1. The zero-order valence-electron chi connectivity index (χ0n) is 11.2. The van der Waals surface area contributed by atoms with Gasteiger partial charge in [0, 0.05) is 26.6 Å². The van der Waals surface area contributed by atoms with E-state index in [-0.39, 0.29) is 0 Å². The maximum atomic E-state index is 5.42. The van der Waals surface area contributed by atoms with Crippen LogP contribution in [-0.2, 0) is 24.2 Å². The minimum atomic E-state index is 0.443. The van der Waals surface area contributed by atoms with Gasteiger partial charge in [-0.25, -0.2) is 4.68 Å². The first-order chi connectivity index (χ1) is 9.31. The van der Waals surface area contributed by atoms with Crippen LogP contribution < -0.4 is 5.32 Å². The van der Waals surface area contributed by atoms with Crippen molar-refractivity contribution in [1.29, 1.82) is 0 Å². The number of ether oxygens (including phenoxy) is 1. The Morgan fingerprint density at radius 1 is 1.32 bits per heavy atom. The molecule has 0 atom stereocenters. The van der Waals surface area contributed by atoms with Crippen LogP contribution in [0.4, 0.5) is 0 Å². The molecule has 0 aliphatic heterocycles. The summed E-state index contributed by atoms with van der Waals surface area (Å²) in [6, 6.07) is 0. The highest BCUT2D eigenvalue weighted by Crippen LogP contribution is 2.02. The van der Waals surface area contributed by atoms with E-state index in [2.05, 4.69) is 25.8 Å². The number of nitrogens with one attached hydrogen (secondary N) is 1. The van der Waals surface area contributed by atoms with E-state index >= 15 is 0 Å². The molecule has 0 saturated carbocycles. The molecule has 2 rings (SSSR count). The Kier molecular flexibility index (Phi) is 4.99. The van der Waals surface area contributed by atoms with E-state index in [1.165, 1.54) is 0 Å². The van der Waals surface area contributed by atoms with Crippen LogP contribution in [0.2, 0.25) is 0 Å². The first kappa shape index (κ1) is 13.6. The van der Waals surface area contributed by atoms with Crippen molar-refractivity contribution in [2.45, 2.75) is 26.4 Å². The molecule has 8 nitrogen and oxygen atoms in total. The molecule has 0 radical (unpaired) electrons. The molecule has 0 unspecified atom stereocenters. The Hall–Kier alpha value is -1.80. The lowest BCUT2D eigenvalue weighted by atomic mass is 10.4. The van der Waals surface area contributed by atoms with Crippen LogP contribution in [-0.4, -0.2) is 45.5 Å². The molecule has 104 valence electrons. The van der Waals surface area contributed by atoms with E-state index in [4.69, 9.17) is 9.15 Å². The summed E-state index contributed by atoms with van der Waals surface area (Å²) in [6.45, 7) is 4.53. The molecule has 8 heteroatoms. The molecule has 0 aliphatic carbocycles. The molecule has 1 N–H and O–H groups in total. The van der Waals surface area contributed by atoms with Gasteiger partial charge in [-0.15, -0.1) is 15.3 Å². The van der Waals surface area contributed by atoms with Crippen LogP contribution in [0.15, 0.2) is 10.6 Å². The van der Waals surface area contributed by atoms with Gasteiger partial charge in [0.25, 0.3) is 0 Å². The molecule has 0 spiro atoms. The molecule has 0 fully saturated rings. The van der Waals surface area contributed by atoms with E-state index in [1.807, 2.05) is 13.1 Å². The fraction of sp³-hybridized carbons (Fsp3) is 0.636. The highest BCUT2D eigenvalue weighted by molar-refractivity contribution is 4.93. The van der Waals surface area contributed by atoms with Crippen LogP contribution in [0.3, 0.4) is 0 Å². The average Bonchev–Trinajstić information content (AvgIpc) is 3.05. The normalized spacial score (nSPS) is 11.1. The molecule has 0 bridgehead atoms. The minimum Gasteiger partial charge on any atom is -0.423 e. The van der Waals surface area contributed by atoms with Crippen LogP contribution in [0.1, 0.15) is 24.4 Å². The standard InChI is InChI=1S/C11H18N6O2/c1-3-10-14-15-11(19-10)8-17-7-9(13-16-17)6-12-4-5-18-2/h7,12H,3-6,8H2,1-2H3. The second-order valence-corrected chi connectivity index (χ2v) is 4.02. The number of hydrogen-bond donors (Lipinski definition) is 1. The molecular formula is C11H18N6O2. The lowest BCUT2D eigenvalue weighted by Gasteiger charge is -1.99. The van der Waals surface area contributed by atoms with Crippen molar-refractivity contribution in [3.05, 3.63) is 23.7 Å².